The predicted octanol–water partition coefficient (Wildman–Crippen LogP) is 1.87. The molecule has 0 saturated heterocycles. The van der Waals surface area contributed by atoms with Gasteiger partial charge in [-0.1, -0.05) is 17.3 Å². The van der Waals surface area contributed by atoms with Crippen LogP contribution in [0.1, 0.15) is 24.4 Å². The number of benzene rings is 1. The summed E-state index contributed by atoms with van der Waals surface area (Å²) in [7, 11) is 0. The first kappa shape index (κ1) is 14.0. The molecule has 1 aromatic heterocycles. The lowest BCUT2D eigenvalue weighted by molar-refractivity contribution is 0.368. The Balaban J connectivity index is 1.79. The van der Waals surface area contributed by atoms with E-state index in [1.807, 2.05) is 30.3 Å². The number of ether oxygens (including phenoxy) is 1. The summed E-state index contributed by atoms with van der Waals surface area (Å²) >= 11 is 0. The van der Waals surface area contributed by atoms with Crippen LogP contribution < -0.4 is 10.1 Å². The Morgan fingerprint density at radius 1 is 1.40 bits per heavy atom. The lowest BCUT2D eigenvalue weighted by atomic mass is 10.1. The average Bonchev–Trinajstić information content (AvgIpc) is 2.99. The molecular formula is C14H16N4O2. The highest BCUT2D eigenvalue weighted by atomic mass is 16.5. The van der Waals surface area contributed by atoms with Crippen LogP contribution in [0.15, 0.2) is 35.2 Å². The molecule has 0 spiro atoms. The molecule has 1 heterocycles. The summed E-state index contributed by atoms with van der Waals surface area (Å²) in [4.78, 5) is 3.97. The molecule has 1 aromatic carbocycles. The lowest BCUT2D eigenvalue weighted by Gasteiger charge is -2.14. The van der Waals surface area contributed by atoms with Crippen molar-refractivity contribution in [3.05, 3.63) is 42.0 Å². The molecule has 1 N–H and O–H groups in total. The molecule has 0 aliphatic carbocycles. The van der Waals surface area contributed by atoms with Gasteiger partial charge in [0.05, 0.1) is 0 Å². The average molecular weight is 272 g/mol. The fourth-order valence-electron chi connectivity index (χ4n) is 1.79. The molecule has 0 saturated carbocycles. The van der Waals surface area contributed by atoms with Crippen LogP contribution in [0.3, 0.4) is 0 Å². The molecule has 0 radical (unpaired) electrons. The van der Waals surface area contributed by atoms with E-state index in [9.17, 15) is 0 Å². The minimum Gasteiger partial charge on any atom is -0.479 e. The fraction of sp³-hybridized carbons (Fsp3) is 0.357. The van der Waals surface area contributed by atoms with Gasteiger partial charge >= 0.3 is 0 Å². The Bertz CT molecular complexity index is 546. The molecule has 2 rings (SSSR count). The molecule has 6 nitrogen and oxygen atoms in total. The second kappa shape index (κ2) is 7.26. The Morgan fingerprint density at radius 3 is 2.85 bits per heavy atom. The van der Waals surface area contributed by atoms with Crippen molar-refractivity contribution in [2.45, 2.75) is 19.4 Å². The second-order valence-electron chi connectivity index (χ2n) is 4.29. The van der Waals surface area contributed by atoms with Crippen LogP contribution >= 0.6 is 0 Å². The maximum absolute atomic E-state index is 8.44. The highest BCUT2D eigenvalue weighted by Crippen LogP contribution is 2.17. The lowest BCUT2D eigenvalue weighted by Crippen LogP contribution is -2.21. The van der Waals surface area contributed by atoms with E-state index >= 15 is 0 Å². The van der Waals surface area contributed by atoms with Crippen molar-refractivity contribution in [2.24, 2.45) is 0 Å². The molecule has 20 heavy (non-hydrogen) atoms. The topological polar surface area (TPSA) is 84.0 Å². The quantitative estimate of drug-likeness (QED) is 0.828. The first-order valence-corrected chi connectivity index (χ1v) is 6.38. The van der Waals surface area contributed by atoms with Gasteiger partial charge in [0.15, 0.2) is 12.4 Å². The molecule has 2 aromatic rings. The van der Waals surface area contributed by atoms with Crippen LogP contribution in [-0.2, 0) is 6.42 Å². The van der Waals surface area contributed by atoms with E-state index in [2.05, 4.69) is 26.9 Å². The minimum absolute atomic E-state index is 0.0673. The van der Waals surface area contributed by atoms with Gasteiger partial charge in [-0.25, -0.2) is 0 Å². The molecule has 0 bridgehead atoms. The highest BCUT2D eigenvalue weighted by molar-refractivity contribution is 5.29. The third kappa shape index (κ3) is 4.07. The Hall–Kier alpha value is -2.39. The third-order valence-corrected chi connectivity index (χ3v) is 2.89. The largest absolute Gasteiger partial charge is 0.479 e. The number of nitrogens with one attached hydrogen (secondary N) is 1. The van der Waals surface area contributed by atoms with Gasteiger partial charge in [-0.2, -0.15) is 10.2 Å². The van der Waals surface area contributed by atoms with E-state index in [0.717, 1.165) is 18.5 Å². The van der Waals surface area contributed by atoms with Crippen molar-refractivity contribution in [3.8, 4) is 11.8 Å². The summed E-state index contributed by atoms with van der Waals surface area (Å²) in [5, 5.41) is 15.6. The zero-order chi connectivity index (χ0) is 14.2. The van der Waals surface area contributed by atoms with Crippen molar-refractivity contribution < 1.29 is 9.26 Å². The fourth-order valence-corrected chi connectivity index (χ4v) is 1.79. The second-order valence-corrected chi connectivity index (χ2v) is 4.29. The van der Waals surface area contributed by atoms with Crippen molar-refractivity contribution in [1.82, 2.24) is 15.5 Å². The van der Waals surface area contributed by atoms with Gasteiger partial charge in [0.1, 0.15) is 11.8 Å². The molecule has 0 aliphatic heterocycles. The molecule has 6 heteroatoms. The summed E-state index contributed by atoms with van der Waals surface area (Å²) in [5.41, 5.74) is 1.16. The minimum atomic E-state index is 0.0673. The van der Waals surface area contributed by atoms with Gasteiger partial charge in [0, 0.05) is 19.0 Å². The Kier molecular flexibility index (Phi) is 5.09. The maximum atomic E-state index is 8.44. The van der Waals surface area contributed by atoms with Crippen LogP contribution in [0, 0.1) is 11.3 Å². The molecule has 104 valence electrons. The van der Waals surface area contributed by atoms with Gasteiger partial charge in [-0.3, -0.25) is 0 Å². The van der Waals surface area contributed by atoms with Crippen LogP contribution in [0.25, 0.3) is 0 Å². The van der Waals surface area contributed by atoms with Crippen LogP contribution in [-0.4, -0.2) is 23.3 Å². The number of nitriles is 1. The van der Waals surface area contributed by atoms with Crippen molar-refractivity contribution >= 4 is 0 Å². The maximum Gasteiger partial charge on any atom is 0.213 e. The SMILES string of the molecule is CC(NCCc1ncon1)c1ccc(OCC#N)cc1. The van der Waals surface area contributed by atoms with Crippen molar-refractivity contribution in [2.75, 3.05) is 13.2 Å². The summed E-state index contributed by atoms with van der Waals surface area (Å²) < 4.78 is 9.89. The van der Waals surface area contributed by atoms with Crippen molar-refractivity contribution in [3.63, 3.8) is 0 Å². The number of nitrogens with zero attached hydrogens (tertiary/aromatic N) is 3. The molecule has 0 aliphatic rings. The zero-order valence-electron chi connectivity index (χ0n) is 11.2. The molecule has 0 amide bonds. The third-order valence-electron chi connectivity index (χ3n) is 2.89. The summed E-state index contributed by atoms with van der Waals surface area (Å²) in [6, 6.07) is 9.86. The van der Waals surface area contributed by atoms with E-state index < -0.39 is 0 Å². The number of hydrogen-bond donors (Lipinski definition) is 1. The van der Waals surface area contributed by atoms with Crippen LogP contribution in [0.4, 0.5) is 0 Å². The van der Waals surface area contributed by atoms with Crippen LogP contribution in [0.5, 0.6) is 5.75 Å². The first-order valence-electron chi connectivity index (χ1n) is 6.38. The van der Waals surface area contributed by atoms with E-state index in [1.165, 1.54) is 6.39 Å². The number of aromatic nitrogens is 2. The normalized spacial score (nSPS) is 11.8. The highest BCUT2D eigenvalue weighted by Gasteiger charge is 2.06. The summed E-state index contributed by atoms with van der Waals surface area (Å²) in [6.45, 7) is 2.92. The van der Waals surface area contributed by atoms with Gasteiger partial charge in [-0.15, -0.1) is 0 Å². The van der Waals surface area contributed by atoms with E-state index in [1.54, 1.807) is 0 Å². The molecule has 0 fully saturated rings. The Labute approximate surface area is 117 Å². The number of hydrogen-bond acceptors (Lipinski definition) is 6. The van der Waals surface area contributed by atoms with Gasteiger partial charge in [-0.05, 0) is 24.6 Å². The molecular weight excluding hydrogens is 256 g/mol. The summed E-state index contributed by atoms with van der Waals surface area (Å²) in [5.74, 6) is 1.40. The smallest absolute Gasteiger partial charge is 0.213 e. The van der Waals surface area contributed by atoms with Gasteiger partial charge < -0.3 is 14.6 Å². The number of rotatable bonds is 7. The van der Waals surface area contributed by atoms with E-state index in [4.69, 9.17) is 10.00 Å². The molecule has 1 unspecified atom stereocenters. The first-order chi connectivity index (χ1) is 9.79. The molecule has 1 atom stereocenters. The standard InChI is InChI=1S/C14H16N4O2/c1-11(16-8-6-14-17-10-20-18-14)12-2-4-13(5-3-12)19-9-7-15/h2-5,10-11,16H,6,8-9H2,1H3. The van der Waals surface area contributed by atoms with Gasteiger partial charge in [0.25, 0.3) is 0 Å². The van der Waals surface area contributed by atoms with Crippen molar-refractivity contribution in [1.29, 1.82) is 5.26 Å². The Morgan fingerprint density at radius 2 is 2.20 bits per heavy atom. The zero-order valence-corrected chi connectivity index (χ0v) is 11.2. The monoisotopic (exact) mass is 272 g/mol. The van der Waals surface area contributed by atoms with E-state index in [0.29, 0.717) is 11.6 Å². The van der Waals surface area contributed by atoms with Crippen LogP contribution in [0.2, 0.25) is 0 Å². The summed E-state index contributed by atoms with van der Waals surface area (Å²) in [6.07, 6.45) is 2.06. The van der Waals surface area contributed by atoms with E-state index in [-0.39, 0.29) is 12.6 Å². The predicted molar refractivity (Wildman–Crippen MR) is 72.0 cm³/mol. The van der Waals surface area contributed by atoms with Gasteiger partial charge in [0.2, 0.25) is 6.39 Å².